The molecule has 0 saturated carbocycles. The highest BCUT2D eigenvalue weighted by molar-refractivity contribution is 6.34. The first-order valence-electron chi connectivity index (χ1n) is 6.43. The van der Waals surface area contributed by atoms with Gasteiger partial charge in [0.2, 0.25) is 0 Å². The van der Waals surface area contributed by atoms with Crippen LogP contribution in [0.4, 0.5) is 5.69 Å². The van der Waals surface area contributed by atoms with Crippen molar-refractivity contribution in [2.24, 2.45) is 0 Å². The third kappa shape index (κ3) is 3.03. The van der Waals surface area contributed by atoms with Gasteiger partial charge in [0.1, 0.15) is 23.5 Å². The van der Waals surface area contributed by atoms with E-state index in [-0.39, 0.29) is 11.3 Å². The quantitative estimate of drug-likeness (QED) is 0.825. The van der Waals surface area contributed by atoms with Gasteiger partial charge in [0.05, 0.1) is 10.7 Å². The minimum Gasteiger partial charge on any atom is -0.507 e. The van der Waals surface area contributed by atoms with Crippen molar-refractivity contribution in [2.45, 2.75) is 6.92 Å². The molecule has 0 bridgehead atoms. The smallest absolute Gasteiger partial charge is 0.145 e. The Morgan fingerprint density at radius 3 is 2.45 bits per heavy atom. The minimum absolute atomic E-state index is 0.0701. The van der Waals surface area contributed by atoms with Gasteiger partial charge in [-0.05, 0) is 18.6 Å². The lowest BCUT2D eigenvalue weighted by atomic mass is 10.00. The van der Waals surface area contributed by atoms with Crippen molar-refractivity contribution in [3.63, 3.8) is 0 Å². The van der Waals surface area contributed by atoms with Gasteiger partial charge >= 0.3 is 0 Å². The Balaban J connectivity index is 2.57. The molecule has 0 fully saturated rings. The molecule has 0 aromatic heterocycles. The first-order valence-corrected chi connectivity index (χ1v) is 6.80. The molecule has 4 nitrogen and oxygen atoms in total. The Hall–Kier alpha value is -2.95. The molecule has 0 aliphatic heterocycles. The molecule has 22 heavy (non-hydrogen) atoms. The van der Waals surface area contributed by atoms with Crippen LogP contribution in [0.5, 0.6) is 5.75 Å². The summed E-state index contributed by atoms with van der Waals surface area (Å²) < 4.78 is 0. The van der Waals surface area contributed by atoms with Crippen LogP contribution in [0.25, 0.3) is 11.1 Å². The largest absolute Gasteiger partial charge is 0.507 e. The molecule has 0 aliphatic rings. The molecule has 0 spiro atoms. The Labute approximate surface area is 133 Å². The zero-order valence-electron chi connectivity index (χ0n) is 11.8. The van der Waals surface area contributed by atoms with Gasteiger partial charge in [-0.3, -0.25) is 0 Å². The minimum atomic E-state index is -0.0701. The maximum atomic E-state index is 10.2. The number of nitrogens with zero attached hydrogens (tertiary/aromatic N) is 2. The van der Waals surface area contributed by atoms with Gasteiger partial charge < -0.3 is 10.4 Å². The average molecular weight is 310 g/mol. The number of hydrogen-bond acceptors (Lipinski definition) is 4. The molecule has 108 valence electrons. The van der Waals surface area contributed by atoms with E-state index in [1.165, 1.54) is 6.20 Å². The van der Waals surface area contributed by atoms with Crippen molar-refractivity contribution in [1.82, 2.24) is 0 Å². The Kier molecular flexibility index (Phi) is 4.68. The molecule has 2 aromatic rings. The van der Waals surface area contributed by atoms with Gasteiger partial charge in [0.25, 0.3) is 0 Å². The predicted octanol–water partition coefficient (Wildman–Crippen LogP) is 4.36. The number of phenolic OH excluding ortho intramolecular Hbond substituents is 1. The highest BCUT2D eigenvalue weighted by Crippen LogP contribution is 2.39. The van der Waals surface area contributed by atoms with Crippen LogP contribution in [-0.2, 0) is 0 Å². The summed E-state index contributed by atoms with van der Waals surface area (Å²) in [7, 11) is 0. The zero-order chi connectivity index (χ0) is 16.1. The van der Waals surface area contributed by atoms with Crippen LogP contribution in [0.2, 0.25) is 5.02 Å². The topological polar surface area (TPSA) is 79.8 Å². The lowest BCUT2D eigenvalue weighted by Crippen LogP contribution is -1.95. The normalized spacial score (nSPS) is 9.45. The molecular weight excluding hydrogens is 298 g/mol. The maximum Gasteiger partial charge on any atom is 0.145 e. The second kappa shape index (κ2) is 6.67. The Morgan fingerprint density at radius 2 is 1.77 bits per heavy atom. The van der Waals surface area contributed by atoms with Crippen LogP contribution in [0.15, 0.2) is 48.2 Å². The number of aromatic hydroxyl groups is 1. The third-order valence-corrected chi connectivity index (χ3v) is 3.46. The van der Waals surface area contributed by atoms with Crippen LogP contribution in [0, 0.1) is 29.6 Å². The number of benzene rings is 2. The van der Waals surface area contributed by atoms with Crippen molar-refractivity contribution < 1.29 is 5.11 Å². The Bertz CT molecular complexity index is 813. The summed E-state index contributed by atoms with van der Waals surface area (Å²) in [6, 6.07) is 14.2. The molecule has 2 N–H and O–H groups in total. The van der Waals surface area contributed by atoms with Gasteiger partial charge in [0, 0.05) is 17.3 Å². The van der Waals surface area contributed by atoms with Crippen molar-refractivity contribution in [2.75, 3.05) is 5.32 Å². The fourth-order valence-corrected chi connectivity index (χ4v) is 2.23. The van der Waals surface area contributed by atoms with Crippen LogP contribution in [-0.4, -0.2) is 5.11 Å². The highest BCUT2D eigenvalue weighted by atomic mass is 35.5. The van der Waals surface area contributed by atoms with Crippen molar-refractivity contribution >= 4 is 17.3 Å². The van der Waals surface area contributed by atoms with Gasteiger partial charge in [-0.25, -0.2) is 0 Å². The van der Waals surface area contributed by atoms with Crippen molar-refractivity contribution in [3.05, 3.63) is 58.8 Å². The van der Waals surface area contributed by atoms with E-state index in [0.29, 0.717) is 21.8 Å². The van der Waals surface area contributed by atoms with Gasteiger partial charge in [0.15, 0.2) is 0 Å². The van der Waals surface area contributed by atoms with E-state index in [1.807, 2.05) is 6.07 Å². The van der Waals surface area contributed by atoms with Gasteiger partial charge in [-0.15, -0.1) is 0 Å². The SMILES string of the molecule is Cc1cccc(-c2cccc(Cl)c2NC=C(C#N)C#N)c1O. The lowest BCUT2D eigenvalue weighted by molar-refractivity contribution is 0.473. The summed E-state index contributed by atoms with van der Waals surface area (Å²) in [5.41, 5.74) is 2.50. The van der Waals surface area contributed by atoms with E-state index in [2.05, 4.69) is 5.32 Å². The number of halogens is 1. The van der Waals surface area contributed by atoms with Crippen LogP contribution in [0.3, 0.4) is 0 Å². The average Bonchev–Trinajstić information content (AvgIpc) is 2.52. The molecule has 0 atom stereocenters. The van der Waals surface area contributed by atoms with E-state index < -0.39 is 0 Å². The second-order valence-corrected chi connectivity index (χ2v) is 4.97. The molecule has 2 rings (SSSR count). The number of nitriles is 2. The predicted molar refractivity (Wildman–Crippen MR) is 86.2 cm³/mol. The van der Waals surface area contributed by atoms with Gasteiger partial charge in [-0.1, -0.05) is 41.9 Å². The summed E-state index contributed by atoms with van der Waals surface area (Å²) in [4.78, 5) is 0. The Morgan fingerprint density at radius 1 is 1.14 bits per heavy atom. The number of aryl methyl sites for hydroxylation is 1. The number of phenols is 1. The number of hydrogen-bond donors (Lipinski definition) is 2. The number of anilines is 1. The molecule has 0 aliphatic carbocycles. The van der Waals surface area contributed by atoms with E-state index >= 15 is 0 Å². The second-order valence-electron chi connectivity index (χ2n) is 4.56. The molecule has 0 unspecified atom stereocenters. The van der Waals surface area contributed by atoms with Crippen LogP contribution >= 0.6 is 11.6 Å². The van der Waals surface area contributed by atoms with Crippen LogP contribution in [0.1, 0.15) is 5.56 Å². The fraction of sp³-hybridized carbons (Fsp3) is 0.0588. The summed E-state index contributed by atoms with van der Waals surface area (Å²) in [6.07, 6.45) is 1.29. The zero-order valence-corrected chi connectivity index (χ0v) is 12.5. The summed E-state index contributed by atoms with van der Waals surface area (Å²) in [5.74, 6) is 0.164. The number of allylic oxidation sites excluding steroid dienone is 1. The number of nitrogens with one attached hydrogen (secondary N) is 1. The monoisotopic (exact) mass is 309 g/mol. The third-order valence-electron chi connectivity index (χ3n) is 3.14. The first-order chi connectivity index (χ1) is 10.6. The van der Waals surface area contributed by atoms with E-state index in [1.54, 1.807) is 49.4 Å². The van der Waals surface area contributed by atoms with E-state index in [9.17, 15) is 5.11 Å². The van der Waals surface area contributed by atoms with Gasteiger partial charge in [-0.2, -0.15) is 10.5 Å². The summed E-state index contributed by atoms with van der Waals surface area (Å²) in [6.45, 7) is 1.81. The number of rotatable bonds is 3. The first kappa shape index (κ1) is 15.4. The summed E-state index contributed by atoms with van der Waals surface area (Å²) in [5, 5.41) is 31.1. The molecule has 2 aromatic carbocycles. The van der Waals surface area contributed by atoms with Crippen molar-refractivity contribution in [1.29, 1.82) is 10.5 Å². The molecule has 0 radical (unpaired) electrons. The molecule has 0 heterocycles. The number of para-hydroxylation sites is 2. The van der Waals surface area contributed by atoms with Crippen LogP contribution < -0.4 is 5.32 Å². The standard InChI is InChI=1S/C17H12ClN3O/c1-11-4-2-6-14(17(11)22)13-5-3-7-15(18)16(13)21-10-12(8-19)9-20/h2-7,10,21-22H,1H3. The molecule has 5 heteroatoms. The maximum absolute atomic E-state index is 10.2. The highest BCUT2D eigenvalue weighted by Gasteiger charge is 2.13. The summed E-state index contributed by atoms with van der Waals surface area (Å²) >= 11 is 6.20. The molecular formula is C17H12ClN3O. The lowest BCUT2D eigenvalue weighted by Gasteiger charge is -2.13. The van der Waals surface area contributed by atoms with Crippen molar-refractivity contribution in [3.8, 4) is 29.0 Å². The molecule has 0 saturated heterocycles. The fourth-order valence-electron chi connectivity index (χ4n) is 2.01. The molecule has 0 amide bonds. The van der Waals surface area contributed by atoms with E-state index in [0.717, 1.165) is 5.56 Å². The van der Waals surface area contributed by atoms with E-state index in [4.69, 9.17) is 22.1 Å².